The van der Waals surface area contributed by atoms with Gasteiger partial charge in [-0.05, 0) is 49.4 Å². The summed E-state index contributed by atoms with van der Waals surface area (Å²) in [5.74, 6) is 1.22. The number of hydrogen-bond acceptors (Lipinski definition) is 3. The maximum absolute atomic E-state index is 12.1. The SMILES string of the molecule is CCCOc1ccc(NC(=O)CC2CCCCC2N)cc1. The number of rotatable bonds is 6. The van der Waals surface area contributed by atoms with Crippen LogP contribution < -0.4 is 15.8 Å². The van der Waals surface area contributed by atoms with Crippen molar-refractivity contribution in [2.45, 2.75) is 51.5 Å². The predicted octanol–water partition coefficient (Wildman–Crippen LogP) is 3.32. The molecule has 1 aliphatic carbocycles. The molecule has 4 heteroatoms. The van der Waals surface area contributed by atoms with Crippen LogP contribution in [0.1, 0.15) is 45.4 Å². The number of carbonyl (C=O) groups excluding carboxylic acids is 1. The molecule has 2 atom stereocenters. The Hall–Kier alpha value is -1.55. The Kier molecular flexibility index (Phi) is 6.05. The highest BCUT2D eigenvalue weighted by atomic mass is 16.5. The van der Waals surface area contributed by atoms with Crippen molar-refractivity contribution >= 4 is 11.6 Å². The van der Waals surface area contributed by atoms with E-state index in [9.17, 15) is 4.79 Å². The van der Waals surface area contributed by atoms with E-state index in [4.69, 9.17) is 10.5 Å². The van der Waals surface area contributed by atoms with E-state index < -0.39 is 0 Å². The highest BCUT2D eigenvalue weighted by molar-refractivity contribution is 5.90. The molecule has 0 bridgehead atoms. The summed E-state index contributed by atoms with van der Waals surface area (Å²) in [6.45, 7) is 2.79. The van der Waals surface area contributed by atoms with Crippen molar-refractivity contribution < 1.29 is 9.53 Å². The van der Waals surface area contributed by atoms with E-state index in [1.807, 2.05) is 24.3 Å². The van der Waals surface area contributed by atoms with E-state index in [1.165, 1.54) is 12.8 Å². The van der Waals surface area contributed by atoms with Gasteiger partial charge in [-0.3, -0.25) is 4.79 Å². The first-order chi connectivity index (χ1) is 10.2. The molecule has 2 rings (SSSR count). The highest BCUT2D eigenvalue weighted by Gasteiger charge is 2.24. The lowest BCUT2D eigenvalue weighted by Gasteiger charge is -2.27. The van der Waals surface area contributed by atoms with Crippen LogP contribution >= 0.6 is 0 Å². The first-order valence-electron chi connectivity index (χ1n) is 7.97. The van der Waals surface area contributed by atoms with E-state index in [-0.39, 0.29) is 11.9 Å². The summed E-state index contributed by atoms with van der Waals surface area (Å²) in [7, 11) is 0. The van der Waals surface area contributed by atoms with E-state index in [2.05, 4.69) is 12.2 Å². The van der Waals surface area contributed by atoms with Gasteiger partial charge in [-0.15, -0.1) is 0 Å². The summed E-state index contributed by atoms with van der Waals surface area (Å²) in [5.41, 5.74) is 6.90. The molecule has 0 spiro atoms. The molecule has 0 radical (unpaired) electrons. The van der Waals surface area contributed by atoms with Gasteiger partial charge in [-0.2, -0.15) is 0 Å². The van der Waals surface area contributed by atoms with Gasteiger partial charge in [0.1, 0.15) is 5.75 Å². The third-order valence-corrected chi connectivity index (χ3v) is 4.03. The van der Waals surface area contributed by atoms with Gasteiger partial charge >= 0.3 is 0 Å². The van der Waals surface area contributed by atoms with Crippen molar-refractivity contribution in [3.8, 4) is 5.75 Å². The number of benzene rings is 1. The Bertz CT molecular complexity index is 445. The summed E-state index contributed by atoms with van der Waals surface area (Å²) in [6, 6.07) is 7.71. The second kappa shape index (κ2) is 8.03. The zero-order chi connectivity index (χ0) is 15.1. The minimum absolute atomic E-state index is 0.0552. The van der Waals surface area contributed by atoms with Crippen molar-refractivity contribution in [3.63, 3.8) is 0 Å². The molecule has 116 valence electrons. The third kappa shape index (κ3) is 5.05. The van der Waals surface area contributed by atoms with Gasteiger partial charge in [-0.25, -0.2) is 0 Å². The number of ether oxygens (including phenoxy) is 1. The minimum atomic E-state index is 0.0552. The second-order valence-corrected chi connectivity index (χ2v) is 5.83. The lowest BCUT2D eigenvalue weighted by atomic mass is 9.83. The Morgan fingerprint density at radius 3 is 2.67 bits per heavy atom. The van der Waals surface area contributed by atoms with Gasteiger partial charge in [0.05, 0.1) is 6.61 Å². The maximum Gasteiger partial charge on any atom is 0.224 e. The van der Waals surface area contributed by atoms with Gasteiger partial charge in [0, 0.05) is 18.2 Å². The number of carbonyl (C=O) groups is 1. The zero-order valence-electron chi connectivity index (χ0n) is 12.8. The minimum Gasteiger partial charge on any atom is -0.494 e. The molecule has 21 heavy (non-hydrogen) atoms. The summed E-state index contributed by atoms with van der Waals surface area (Å²) in [4.78, 5) is 12.1. The van der Waals surface area contributed by atoms with E-state index in [0.29, 0.717) is 18.9 Å². The van der Waals surface area contributed by atoms with Crippen molar-refractivity contribution in [3.05, 3.63) is 24.3 Å². The number of anilines is 1. The fourth-order valence-electron chi connectivity index (χ4n) is 2.79. The van der Waals surface area contributed by atoms with Crippen LogP contribution in [-0.4, -0.2) is 18.6 Å². The largest absolute Gasteiger partial charge is 0.494 e. The van der Waals surface area contributed by atoms with Crippen molar-refractivity contribution in [1.29, 1.82) is 0 Å². The highest BCUT2D eigenvalue weighted by Crippen LogP contribution is 2.26. The lowest BCUT2D eigenvalue weighted by molar-refractivity contribution is -0.117. The second-order valence-electron chi connectivity index (χ2n) is 5.83. The van der Waals surface area contributed by atoms with E-state index in [1.54, 1.807) is 0 Å². The monoisotopic (exact) mass is 290 g/mol. The van der Waals surface area contributed by atoms with Gasteiger partial charge in [0.25, 0.3) is 0 Å². The molecular formula is C17H26N2O2. The van der Waals surface area contributed by atoms with Gasteiger partial charge in [0.15, 0.2) is 0 Å². The van der Waals surface area contributed by atoms with Crippen LogP contribution in [-0.2, 0) is 4.79 Å². The Balaban J connectivity index is 1.81. The fraction of sp³-hybridized carbons (Fsp3) is 0.588. The molecule has 1 aromatic rings. The summed E-state index contributed by atoms with van der Waals surface area (Å²) in [6.07, 6.45) is 6.00. The molecule has 4 nitrogen and oxygen atoms in total. The van der Waals surface area contributed by atoms with Crippen molar-refractivity contribution in [1.82, 2.24) is 0 Å². The smallest absolute Gasteiger partial charge is 0.224 e. The number of hydrogen-bond donors (Lipinski definition) is 2. The quantitative estimate of drug-likeness (QED) is 0.844. The van der Waals surface area contributed by atoms with Gasteiger partial charge < -0.3 is 15.8 Å². The number of nitrogens with one attached hydrogen (secondary N) is 1. The number of nitrogens with two attached hydrogens (primary N) is 1. The third-order valence-electron chi connectivity index (χ3n) is 4.03. The zero-order valence-corrected chi connectivity index (χ0v) is 12.8. The summed E-state index contributed by atoms with van der Waals surface area (Å²) < 4.78 is 5.52. The molecule has 1 fully saturated rings. The fourth-order valence-corrected chi connectivity index (χ4v) is 2.79. The molecule has 1 aliphatic rings. The average Bonchev–Trinajstić information content (AvgIpc) is 2.49. The molecule has 1 aromatic carbocycles. The molecule has 0 saturated heterocycles. The van der Waals surface area contributed by atoms with E-state index >= 15 is 0 Å². The van der Waals surface area contributed by atoms with Crippen LogP contribution in [0.5, 0.6) is 5.75 Å². The molecule has 0 aromatic heterocycles. The summed E-state index contributed by atoms with van der Waals surface area (Å²) in [5, 5.41) is 2.94. The Labute approximate surface area is 127 Å². The lowest BCUT2D eigenvalue weighted by Crippen LogP contribution is -2.35. The first kappa shape index (κ1) is 15.8. The van der Waals surface area contributed by atoms with Crippen LogP contribution in [0.4, 0.5) is 5.69 Å². The van der Waals surface area contributed by atoms with Gasteiger partial charge in [-0.1, -0.05) is 19.8 Å². The van der Waals surface area contributed by atoms with Crippen LogP contribution in [0.2, 0.25) is 0 Å². The molecular weight excluding hydrogens is 264 g/mol. The van der Waals surface area contributed by atoms with Crippen molar-refractivity contribution in [2.24, 2.45) is 11.7 Å². The Morgan fingerprint density at radius 2 is 2.00 bits per heavy atom. The molecule has 0 heterocycles. The molecule has 2 unspecified atom stereocenters. The van der Waals surface area contributed by atoms with Crippen LogP contribution in [0, 0.1) is 5.92 Å². The molecule has 3 N–H and O–H groups in total. The standard InChI is InChI=1S/C17H26N2O2/c1-2-11-21-15-9-7-14(8-10-15)19-17(20)12-13-5-3-4-6-16(13)18/h7-10,13,16H,2-6,11-12,18H2,1H3,(H,19,20). The van der Waals surface area contributed by atoms with Crippen LogP contribution in [0.3, 0.4) is 0 Å². The topological polar surface area (TPSA) is 64.3 Å². The van der Waals surface area contributed by atoms with Gasteiger partial charge in [0.2, 0.25) is 5.91 Å². The molecule has 1 saturated carbocycles. The Morgan fingerprint density at radius 1 is 1.29 bits per heavy atom. The molecule has 1 amide bonds. The van der Waals surface area contributed by atoms with Crippen molar-refractivity contribution in [2.75, 3.05) is 11.9 Å². The maximum atomic E-state index is 12.1. The molecule has 0 aliphatic heterocycles. The average molecular weight is 290 g/mol. The predicted molar refractivity (Wildman–Crippen MR) is 85.4 cm³/mol. The summed E-state index contributed by atoms with van der Waals surface area (Å²) >= 11 is 0. The van der Waals surface area contributed by atoms with E-state index in [0.717, 1.165) is 30.7 Å². The normalized spacial score (nSPS) is 21.8. The number of amides is 1. The van der Waals surface area contributed by atoms with Crippen LogP contribution in [0.15, 0.2) is 24.3 Å². The van der Waals surface area contributed by atoms with Crippen LogP contribution in [0.25, 0.3) is 0 Å². The first-order valence-corrected chi connectivity index (χ1v) is 7.97.